The molecule has 0 aromatic heterocycles. The summed E-state index contributed by atoms with van der Waals surface area (Å²) >= 11 is 5.67. The van der Waals surface area contributed by atoms with Crippen LogP contribution in [0.15, 0.2) is 42.5 Å². The zero-order valence-corrected chi connectivity index (χ0v) is 23.0. The molecule has 10 heteroatoms. The molecule has 0 spiro atoms. The van der Waals surface area contributed by atoms with E-state index in [2.05, 4.69) is 5.32 Å². The largest absolute Gasteiger partial charge is 0.417 e. The lowest BCUT2D eigenvalue weighted by molar-refractivity contribution is -0.137. The third-order valence-corrected chi connectivity index (χ3v) is 6.98. The predicted molar refractivity (Wildman–Crippen MR) is 148 cm³/mol. The van der Waals surface area contributed by atoms with E-state index < -0.39 is 23.5 Å². The maximum absolute atomic E-state index is 13.6. The number of anilines is 2. The van der Waals surface area contributed by atoms with E-state index in [1.807, 2.05) is 38.1 Å². The zero-order valence-electron chi connectivity index (χ0n) is 22.2. The summed E-state index contributed by atoms with van der Waals surface area (Å²) in [4.78, 5) is 14.4. The number of amides is 1. The average molecular weight is 549 g/mol. The normalized spacial score (nSPS) is 13.8. The maximum Gasteiger partial charge on any atom is 0.417 e. The number of thiocarbonyl (C=S) groups is 1. The van der Waals surface area contributed by atoms with Crippen LogP contribution in [0.1, 0.15) is 62.6 Å². The Morgan fingerprint density at radius 1 is 1.18 bits per heavy atom. The first-order valence-corrected chi connectivity index (χ1v) is 13.1. The number of halogens is 3. The summed E-state index contributed by atoms with van der Waals surface area (Å²) < 4.78 is 40.9. The van der Waals surface area contributed by atoms with Gasteiger partial charge in [-0.2, -0.15) is 18.4 Å². The number of alkyl halides is 3. The van der Waals surface area contributed by atoms with Crippen LogP contribution in [-0.4, -0.2) is 36.4 Å². The van der Waals surface area contributed by atoms with Gasteiger partial charge < -0.3 is 15.3 Å². The molecule has 0 aliphatic heterocycles. The Labute approximate surface area is 228 Å². The first-order valence-electron chi connectivity index (χ1n) is 12.7. The number of nitrogens with one attached hydrogen (secondary N) is 1. The van der Waals surface area contributed by atoms with Crippen molar-refractivity contribution in [1.29, 1.82) is 5.26 Å². The van der Waals surface area contributed by atoms with Crippen molar-refractivity contribution in [2.75, 3.05) is 23.9 Å². The van der Waals surface area contributed by atoms with Crippen molar-refractivity contribution in [3.8, 4) is 6.07 Å². The summed E-state index contributed by atoms with van der Waals surface area (Å²) in [5.41, 5.74) is 0.250. The molecule has 0 bridgehead atoms. The van der Waals surface area contributed by atoms with E-state index in [0.717, 1.165) is 43.4 Å². The monoisotopic (exact) mass is 548 g/mol. The molecule has 1 fully saturated rings. The van der Waals surface area contributed by atoms with Gasteiger partial charge in [0, 0.05) is 37.8 Å². The van der Waals surface area contributed by atoms with Crippen LogP contribution >= 0.6 is 12.2 Å². The minimum Gasteiger partial charge on any atom is -0.373 e. The van der Waals surface area contributed by atoms with E-state index in [0.29, 0.717) is 18.5 Å². The highest BCUT2D eigenvalue weighted by atomic mass is 32.1. The van der Waals surface area contributed by atoms with Gasteiger partial charge in [-0.25, -0.2) is 0 Å². The van der Waals surface area contributed by atoms with Crippen LogP contribution in [0.4, 0.5) is 24.5 Å². The fraction of sp³-hybridized carbons (Fsp3) is 0.464. The molecule has 6 nitrogen and oxygen atoms in total. The molecule has 0 saturated heterocycles. The standard InChI is InChI=1S/C26H29F3N4O2S.C2H6/c1-31-23(34)8-3-5-17-9-12-20(13-10-17)32(2)25(36)33(24(35)18-6-4-7-18)21-14-11-19(16-30)22(15-21)26(27,28)29;1-2/h9-15,18,24,35H,3-8H2,1-2H3,(H,31,34);1-2H3. The predicted octanol–water partition coefficient (Wildman–Crippen LogP) is 6.02. The highest BCUT2D eigenvalue weighted by Crippen LogP contribution is 2.38. The molecule has 3 rings (SSSR count). The smallest absolute Gasteiger partial charge is 0.373 e. The van der Waals surface area contributed by atoms with E-state index in [1.54, 1.807) is 25.1 Å². The molecule has 38 heavy (non-hydrogen) atoms. The van der Waals surface area contributed by atoms with Gasteiger partial charge in [-0.15, -0.1) is 0 Å². The van der Waals surface area contributed by atoms with Crippen LogP contribution < -0.4 is 15.1 Å². The maximum atomic E-state index is 13.6. The fourth-order valence-electron chi connectivity index (χ4n) is 4.08. The van der Waals surface area contributed by atoms with Gasteiger partial charge in [0.25, 0.3) is 0 Å². The first-order chi connectivity index (χ1) is 18.1. The second kappa shape index (κ2) is 14.1. The van der Waals surface area contributed by atoms with Gasteiger partial charge in [0.05, 0.1) is 17.2 Å². The Morgan fingerprint density at radius 2 is 1.79 bits per heavy atom. The Hall–Kier alpha value is -3.16. The molecule has 1 saturated carbocycles. The number of carbonyl (C=O) groups excluding carboxylic acids is 1. The number of rotatable bonds is 8. The van der Waals surface area contributed by atoms with Crippen molar-refractivity contribution < 1.29 is 23.1 Å². The van der Waals surface area contributed by atoms with Crippen molar-refractivity contribution in [2.45, 2.75) is 64.8 Å². The zero-order chi connectivity index (χ0) is 28.5. The number of aliphatic hydroxyl groups excluding tert-OH is 1. The summed E-state index contributed by atoms with van der Waals surface area (Å²) in [6, 6.07) is 12.4. The molecular formula is C28H35F3N4O2S. The molecule has 206 valence electrons. The topological polar surface area (TPSA) is 79.6 Å². The van der Waals surface area contributed by atoms with E-state index in [4.69, 9.17) is 17.5 Å². The summed E-state index contributed by atoms with van der Waals surface area (Å²) in [5, 5.41) is 23.0. The SMILES string of the molecule is CC.CNC(=O)CCCc1ccc(N(C)C(=S)N(c2ccc(C#N)c(C(F)(F)F)c2)C(O)C2CCC2)cc1. The van der Waals surface area contributed by atoms with Crippen LogP contribution in [0.3, 0.4) is 0 Å². The summed E-state index contributed by atoms with van der Waals surface area (Å²) in [6.07, 6.45) is -1.55. The average Bonchev–Trinajstić information content (AvgIpc) is 2.88. The Balaban J connectivity index is 0.00000247. The number of nitrogens with zero attached hydrogens (tertiary/aromatic N) is 3. The lowest BCUT2D eigenvalue weighted by atomic mass is 9.83. The van der Waals surface area contributed by atoms with E-state index in [9.17, 15) is 23.1 Å². The number of benzene rings is 2. The van der Waals surface area contributed by atoms with Gasteiger partial charge in [-0.05, 0) is 73.8 Å². The fourth-order valence-corrected chi connectivity index (χ4v) is 4.39. The number of hydrogen-bond acceptors (Lipinski definition) is 4. The van der Waals surface area contributed by atoms with Gasteiger partial charge >= 0.3 is 6.18 Å². The van der Waals surface area contributed by atoms with Crippen molar-refractivity contribution in [3.63, 3.8) is 0 Å². The number of nitriles is 1. The lowest BCUT2D eigenvalue weighted by Crippen LogP contribution is -2.51. The number of hydrogen-bond donors (Lipinski definition) is 2. The molecule has 1 unspecified atom stereocenters. The van der Waals surface area contributed by atoms with Crippen molar-refractivity contribution in [1.82, 2.24) is 5.32 Å². The number of carbonyl (C=O) groups is 1. The van der Waals surface area contributed by atoms with Gasteiger partial charge in [-0.1, -0.05) is 32.4 Å². The summed E-state index contributed by atoms with van der Waals surface area (Å²) in [7, 11) is 3.29. The Morgan fingerprint density at radius 3 is 2.29 bits per heavy atom. The Bertz CT molecular complexity index is 1130. The third kappa shape index (κ3) is 7.68. The molecule has 2 aromatic carbocycles. The summed E-state index contributed by atoms with van der Waals surface area (Å²) in [5.74, 6) is -0.137. The second-order valence-corrected chi connectivity index (χ2v) is 9.21. The second-order valence-electron chi connectivity index (χ2n) is 8.85. The molecule has 1 amide bonds. The lowest BCUT2D eigenvalue weighted by Gasteiger charge is -2.41. The molecule has 0 heterocycles. The minimum absolute atomic E-state index is 0.0155. The molecular weight excluding hydrogens is 513 g/mol. The highest BCUT2D eigenvalue weighted by Gasteiger charge is 2.37. The van der Waals surface area contributed by atoms with Crippen molar-refractivity contribution >= 4 is 34.6 Å². The van der Waals surface area contributed by atoms with Gasteiger partial charge in [0.1, 0.15) is 6.23 Å². The van der Waals surface area contributed by atoms with Gasteiger partial charge in [-0.3, -0.25) is 9.69 Å². The van der Waals surface area contributed by atoms with E-state index in [-0.39, 0.29) is 22.6 Å². The number of aryl methyl sites for hydroxylation is 1. The number of aliphatic hydroxyl groups is 1. The first kappa shape index (κ1) is 31.1. The molecule has 0 radical (unpaired) electrons. The highest BCUT2D eigenvalue weighted by molar-refractivity contribution is 7.80. The van der Waals surface area contributed by atoms with Crippen LogP contribution in [0.25, 0.3) is 0 Å². The molecule has 1 aliphatic carbocycles. The van der Waals surface area contributed by atoms with Crippen LogP contribution in [-0.2, 0) is 17.4 Å². The quantitative estimate of drug-likeness (QED) is 0.310. The molecule has 1 atom stereocenters. The van der Waals surface area contributed by atoms with Crippen LogP contribution in [0.5, 0.6) is 0 Å². The molecule has 2 N–H and O–H groups in total. The van der Waals surface area contributed by atoms with Crippen LogP contribution in [0, 0.1) is 17.2 Å². The molecule has 2 aromatic rings. The van der Waals surface area contributed by atoms with Gasteiger partial charge in [0.15, 0.2) is 5.11 Å². The van der Waals surface area contributed by atoms with Crippen molar-refractivity contribution in [2.24, 2.45) is 5.92 Å². The van der Waals surface area contributed by atoms with Crippen LogP contribution in [0.2, 0.25) is 0 Å². The minimum atomic E-state index is -4.73. The van der Waals surface area contributed by atoms with Crippen molar-refractivity contribution in [3.05, 3.63) is 59.2 Å². The van der Waals surface area contributed by atoms with E-state index in [1.165, 1.54) is 11.0 Å². The molecule has 1 aliphatic rings. The van der Waals surface area contributed by atoms with Gasteiger partial charge in [0.2, 0.25) is 5.91 Å². The summed E-state index contributed by atoms with van der Waals surface area (Å²) in [6.45, 7) is 4.00. The Kier molecular flexibility index (Phi) is 11.5. The third-order valence-electron chi connectivity index (χ3n) is 6.51. The van der Waals surface area contributed by atoms with E-state index >= 15 is 0 Å².